The predicted octanol–water partition coefficient (Wildman–Crippen LogP) is 0.213. The molecule has 0 aromatic heterocycles. The zero-order valence-electron chi connectivity index (χ0n) is 11.6. The van der Waals surface area contributed by atoms with Crippen molar-refractivity contribution in [1.82, 2.24) is 4.72 Å². The Labute approximate surface area is 123 Å². The Balaban J connectivity index is 3.08. The number of sulfonamides is 2. The number of nitrogens with two attached hydrogens (primary N) is 1. The maximum absolute atomic E-state index is 13.8. The zero-order chi connectivity index (χ0) is 16.3. The van der Waals surface area contributed by atoms with E-state index in [1.807, 2.05) is 4.72 Å². The van der Waals surface area contributed by atoms with Crippen molar-refractivity contribution < 1.29 is 21.2 Å². The van der Waals surface area contributed by atoms with Crippen LogP contribution in [0.15, 0.2) is 23.1 Å². The second-order valence-corrected chi connectivity index (χ2v) is 8.13. The fourth-order valence-corrected chi connectivity index (χ4v) is 3.28. The summed E-state index contributed by atoms with van der Waals surface area (Å²) < 4.78 is 64.7. The third-order valence-electron chi connectivity index (χ3n) is 2.61. The Bertz CT molecular complexity index is 704. The van der Waals surface area contributed by atoms with Crippen LogP contribution < -0.4 is 15.2 Å². The lowest BCUT2D eigenvalue weighted by atomic mass is 10.3. The van der Waals surface area contributed by atoms with Crippen molar-refractivity contribution >= 4 is 25.7 Å². The molecular weight excluding hydrogens is 321 g/mol. The van der Waals surface area contributed by atoms with Gasteiger partial charge in [0, 0.05) is 12.6 Å². The van der Waals surface area contributed by atoms with Gasteiger partial charge in [-0.3, -0.25) is 4.72 Å². The van der Waals surface area contributed by atoms with E-state index in [-0.39, 0.29) is 22.9 Å². The van der Waals surface area contributed by atoms with Crippen LogP contribution in [0, 0.1) is 5.82 Å². The van der Waals surface area contributed by atoms with Crippen molar-refractivity contribution in [3.8, 4) is 0 Å². The summed E-state index contributed by atoms with van der Waals surface area (Å²) >= 11 is 0. The summed E-state index contributed by atoms with van der Waals surface area (Å²) in [7, 11) is -7.55. The Kier molecular flexibility index (Phi) is 5.68. The molecule has 7 nitrogen and oxygen atoms in total. The average Bonchev–Trinajstić information content (AvgIpc) is 2.40. The van der Waals surface area contributed by atoms with E-state index in [0.717, 1.165) is 18.2 Å². The molecule has 0 amide bonds. The fourth-order valence-electron chi connectivity index (χ4n) is 1.37. The van der Waals surface area contributed by atoms with Crippen LogP contribution in [0.3, 0.4) is 0 Å². The molecule has 21 heavy (non-hydrogen) atoms. The van der Waals surface area contributed by atoms with Crippen LogP contribution in [0.4, 0.5) is 10.1 Å². The Morgan fingerprint density at radius 3 is 2.38 bits per heavy atom. The summed E-state index contributed by atoms with van der Waals surface area (Å²) in [6.07, 6.45) is 0. The second kappa shape index (κ2) is 6.69. The van der Waals surface area contributed by atoms with E-state index in [2.05, 4.69) is 4.72 Å². The molecule has 0 bridgehead atoms. The van der Waals surface area contributed by atoms with Gasteiger partial charge in [0.05, 0.1) is 16.3 Å². The molecule has 0 aliphatic rings. The van der Waals surface area contributed by atoms with E-state index in [4.69, 9.17) is 5.73 Å². The van der Waals surface area contributed by atoms with Crippen LogP contribution in [0.5, 0.6) is 0 Å². The van der Waals surface area contributed by atoms with E-state index in [1.54, 1.807) is 6.92 Å². The molecule has 0 radical (unpaired) electrons. The van der Waals surface area contributed by atoms with Crippen molar-refractivity contribution in [1.29, 1.82) is 0 Å². The van der Waals surface area contributed by atoms with Crippen LogP contribution in [-0.4, -0.2) is 35.2 Å². The molecular formula is C11H18FN3O4S2. The van der Waals surface area contributed by atoms with Gasteiger partial charge in [0.15, 0.2) is 0 Å². The standard InChI is InChI=1S/C11H18FN3O4S2/c1-3-20(16,17)15-11-5-4-9(6-10(11)12)21(18,19)14-8(2)7-13/h4-6,8,14-15H,3,7,13H2,1-2H3/t8-/m0/s1. The molecule has 0 aliphatic heterocycles. The number of rotatable bonds is 7. The summed E-state index contributed by atoms with van der Waals surface area (Å²) in [5.74, 6) is -1.20. The number of benzene rings is 1. The summed E-state index contributed by atoms with van der Waals surface area (Å²) in [4.78, 5) is -0.306. The first-order valence-electron chi connectivity index (χ1n) is 6.13. The molecule has 4 N–H and O–H groups in total. The highest BCUT2D eigenvalue weighted by atomic mass is 32.2. The smallest absolute Gasteiger partial charge is 0.240 e. The lowest BCUT2D eigenvalue weighted by Crippen LogP contribution is -2.37. The third kappa shape index (κ3) is 4.92. The number of hydrogen-bond donors (Lipinski definition) is 3. The molecule has 10 heteroatoms. The summed E-state index contributed by atoms with van der Waals surface area (Å²) in [5.41, 5.74) is 5.02. The van der Waals surface area contributed by atoms with Crippen LogP contribution in [-0.2, 0) is 20.0 Å². The van der Waals surface area contributed by atoms with Crippen LogP contribution >= 0.6 is 0 Å². The van der Waals surface area contributed by atoms with Gasteiger partial charge < -0.3 is 5.73 Å². The summed E-state index contributed by atoms with van der Waals surface area (Å²) in [5, 5.41) is 0. The molecule has 0 saturated carbocycles. The highest BCUT2D eigenvalue weighted by molar-refractivity contribution is 7.92. The number of halogens is 1. The van der Waals surface area contributed by atoms with Gasteiger partial charge in [0.2, 0.25) is 20.0 Å². The number of nitrogens with one attached hydrogen (secondary N) is 2. The highest BCUT2D eigenvalue weighted by Gasteiger charge is 2.19. The molecule has 1 rings (SSSR count). The normalized spacial score (nSPS) is 13.9. The van der Waals surface area contributed by atoms with Gasteiger partial charge in [-0.05, 0) is 32.0 Å². The van der Waals surface area contributed by atoms with Crippen LogP contribution in [0.2, 0.25) is 0 Å². The Morgan fingerprint density at radius 1 is 1.29 bits per heavy atom. The van der Waals surface area contributed by atoms with Crippen molar-refractivity contribution in [2.45, 2.75) is 24.8 Å². The van der Waals surface area contributed by atoms with E-state index in [0.29, 0.717) is 0 Å². The van der Waals surface area contributed by atoms with Crippen LogP contribution in [0.1, 0.15) is 13.8 Å². The molecule has 1 aromatic rings. The predicted molar refractivity (Wildman–Crippen MR) is 78.3 cm³/mol. The first-order chi connectivity index (χ1) is 9.61. The lowest BCUT2D eigenvalue weighted by molar-refractivity contribution is 0.560. The van der Waals surface area contributed by atoms with Crippen molar-refractivity contribution in [3.05, 3.63) is 24.0 Å². The van der Waals surface area contributed by atoms with E-state index in [9.17, 15) is 21.2 Å². The number of anilines is 1. The molecule has 0 spiro atoms. The van der Waals surface area contributed by atoms with Crippen LogP contribution in [0.25, 0.3) is 0 Å². The topological polar surface area (TPSA) is 118 Å². The molecule has 0 aliphatic carbocycles. The van der Waals surface area contributed by atoms with Gasteiger partial charge in [-0.15, -0.1) is 0 Å². The maximum Gasteiger partial charge on any atom is 0.240 e. The van der Waals surface area contributed by atoms with E-state index in [1.165, 1.54) is 6.92 Å². The molecule has 0 unspecified atom stereocenters. The van der Waals surface area contributed by atoms with Gasteiger partial charge >= 0.3 is 0 Å². The van der Waals surface area contributed by atoms with Gasteiger partial charge in [0.25, 0.3) is 0 Å². The Hall–Kier alpha value is -1.23. The molecule has 1 aromatic carbocycles. The quantitative estimate of drug-likeness (QED) is 0.656. The minimum absolute atomic E-state index is 0.0933. The lowest BCUT2D eigenvalue weighted by Gasteiger charge is -2.13. The largest absolute Gasteiger partial charge is 0.329 e. The minimum Gasteiger partial charge on any atom is -0.329 e. The molecule has 120 valence electrons. The van der Waals surface area contributed by atoms with E-state index >= 15 is 0 Å². The van der Waals surface area contributed by atoms with E-state index < -0.39 is 31.9 Å². The van der Waals surface area contributed by atoms with Crippen molar-refractivity contribution in [2.24, 2.45) is 5.73 Å². The molecule has 1 atom stereocenters. The third-order valence-corrected chi connectivity index (χ3v) is 5.48. The van der Waals surface area contributed by atoms with Crippen molar-refractivity contribution in [3.63, 3.8) is 0 Å². The minimum atomic E-state index is -3.91. The molecule has 0 saturated heterocycles. The van der Waals surface area contributed by atoms with Gasteiger partial charge in [-0.2, -0.15) is 0 Å². The molecule has 0 heterocycles. The summed E-state index contributed by atoms with van der Waals surface area (Å²) in [6.45, 7) is 3.06. The highest BCUT2D eigenvalue weighted by Crippen LogP contribution is 2.20. The second-order valence-electron chi connectivity index (χ2n) is 4.41. The Morgan fingerprint density at radius 2 is 1.90 bits per heavy atom. The maximum atomic E-state index is 13.8. The summed E-state index contributed by atoms with van der Waals surface area (Å²) in [6, 6.07) is 2.42. The van der Waals surface area contributed by atoms with Gasteiger partial charge in [-0.25, -0.2) is 25.9 Å². The fraction of sp³-hybridized carbons (Fsp3) is 0.455. The SMILES string of the molecule is CCS(=O)(=O)Nc1ccc(S(=O)(=O)N[C@@H](C)CN)cc1F. The molecule has 0 fully saturated rings. The first-order valence-corrected chi connectivity index (χ1v) is 9.27. The average molecular weight is 339 g/mol. The van der Waals surface area contributed by atoms with Crippen molar-refractivity contribution in [2.75, 3.05) is 17.0 Å². The first kappa shape index (κ1) is 17.8. The van der Waals surface area contributed by atoms with Gasteiger partial charge in [0.1, 0.15) is 5.82 Å². The zero-order valence-corrected chi connectivity index (χ0v) is 13.3. The monoisotopic (exact) mass is 339 g/mol. The number of hydrogen-bond acceptors (Lipinski definition) is 5. The van der Waals surface area contributed by atoms with Gasteiger partial charge in [-0.1, -0.05) is 0 Å².